The largest absolute Gasteiger partial charge is 0.309 e. The van der Waals surface area contributed by atoms with Crippen LogP contribution in [-0.4, -0.2) is 15.9 Å². The van der Waals surface area contributed by atoms with Gasteiger partial charge >= 0.3 is 0 Å². The zero-order valence-electron chi connectivity index (χ0n) is 11.1. The van der Waals surface area contributed by atoms with Crippen LogP contribution >= 0.6 is 0 Å². The van der Waals surface area contributed by atoms with Crippen molar-refractivity contribution in [3.8, 4) is 0 Å². The van der Waals surface area contributed by atoms with Crippen LogP contribution in [0.3, 0.4) is 0 Å². The van der Waals surface area contributed by atoms with Gasteiger partial charge in [-0.05, 0) is 30.6 Å². The quantitative estimate of drug-likeness (QED) is 0.893. The van der Waals surface area contributed by atoms with E-state index in [9.17, 15) is 4.79 Å². The number of carbonyl (C=O) groups is 1. The maximum atomic E-state index is 11.9. The minimum Gasteiger partial charge on any atom is -0.309 e. The number of hydrogen-bond donors (Lipinski definition) is 1. The zero-order valence-corrected chi connectivity index (χ0v) is 11.1. The molecule has 1 amide bonds. The van der Waals surface area contributed by atoms with E-state index >= 15 is 0 Å². The van der Waals surface area contributed by atoms with E-state index in [1.54, 1.807) is 18.6 Å². The first kappa shape index (κ1) is 13.0. The van der Waals surface area contributed by atoms with Gasteiger partial charge in [0.2, 0.25) is 5.91 Å². The molecule has 1 aromatic heterocycles. The van der Waals surface area contributed by atoms with Gasteiger partial charge in [-0.1, -0.05) is 20.3 Å². The predicted molar refractivity (Wildman–Crippen MR) is 71.0 cm³/mol. The summed E-state index contributed by atoms with van der Waals surface area (Å²) in [5.41, 5.74) is 0.385. The molecule has 0 aromatic carbocycles. The first-order valence-corrected chi connectivity index (χ1v) is 6.61. The fraction of sp³-hybridized carbons (Fsp3) is 0.643. The molecule has 1 saturated carbocycles. The molecule has 4 heteroatoms. The normalized spacial score (nSPS) is 22.4. The highest BCUT2D eigenvalue weighted by atomic mass is 16.1. The molecular formula is C14H21N3O. The molecule has 1 atom stereocenters. The summed E-state index contributed by atoms with van der Waals surface area (Å²) >= 11 is 0. The smallest absolute Gasteiger partial charge is 0.225 e. The monoisotopic (exact) mass is 247 g/mol. The Morgan fingerprint density at radius 3 is 3.00 bits per heavy atom. The lowest BCUT2D eigenvalue weighted by molar-refractivity contribution is -0.117. The molecule has 1 N–H and O–H groups in total. The fourth-order valence-corrected chi connectivity index (χ4v) is 2.85. The summed E-state index contributed by atoms with van der Waals surface area (Å²) in [4.78, 5) is 19.9. The third kappa shape index (κ3) is 3.79. The number of nitrogens with zero attached hydrogens (tertiary/aromatic N) is 2. The summed E-state index contributed by atoms with van der Waals surface area (Å²) in [5.74, 6) is 1.10. The molecule has 1 heterocycles. The maximum absolute atomic E-state index is 11.9. The van der Waals surface area contributed by atoms with E-state index in [0.717, 1.165) is 12.8 Å². The van der Waals surface area contributed by atoms with Gasteiger partial charge in [0.25, 0.3) is 0 Å². The second-order valence-corrected chi connectivity index (χ2v) is 5.97. The number of carbonyl (C=O) groups excluding carboxylic acids is 1. The van der Waals surface area contributed by atoms with Crippen LogP contribution in [0.4, 0.5) is 5.82 Å². The second-order valence-electron chi connectivity index (χ2n) is 5.97. The van der Waals surface area contributed by atoms with Crippen LogP contribution < -0.4 is 5.32 Å². The van der Waals surface area contributed by atoms with E-state index in [1.807, 2.05) is 0 Å². The minimum atomic E-state index is 0.0539. The van der Waals surface area contributed by atoms with E-state index < -0.39 is 0 Å². The Hall–Kier alpha value is -1.45. The lowest BCUT2D eigenvalue weighted by atomic mass is 9.71. The minimum absolute atomic E-state index is 0.0539. The summed E-state index contributed by atoms with van der Waals surface area (Å²) in [6.07, 6.45) is 10.2. The number of hydrogen-bond acceptors (Lipinski definition) is 3. The summed E-state index contributed by atoms with van der Waals surface area (Å²) in [7, 11) is 0. The molecule has 1 aliphatic rings. The molecule has 4 nitrogen and oxygen atoms in total. The average Bonchev–Trinajstić information content (AvgIpc) is 2.28. The lowest BCUT2D eigenvalue weighted by Gasteiger charge is -2.34. The number of amides is 1. The number of anilines is 1. The van der Waals surface area contributed by atoms with Crippen molar-refractivity contribution in [3.63, 3.8) is 0 Å². The summed E-state index contributed by atoms with van der Waals surface area (Å²) in [5, 5.41) is 2.80. The van der Waals surface area contributed by atoms with Crippen LogP contribution in [0.1, 0.15) is 46.0 Å². The Morgan fingerprint density at radius 1 is 1.50 bits per heavy atom. The van der Waals surface area contributed by atoms with Crippen LogP contribution in [-0.2, 0) is 4.79 Å². The highest BCUT2D eigenvalue weighted by Gasteiger charge is 2.29. The van der Waals surface area contributed by atoms with Gasteiger partial charge in [0.15, 0.2) is 5.82 Å². The van der Waals surface area contributed by atoms with Gasteiger partial charge in [-0.3, -0.25) is 9.78 Å². The van der Waals surface area contributed by atoms with Gasteiger partial charge in [-0.2, -0.15) is 0 Å². The Kier molecular flexibility index (Phi) is 3.94. The highest BCUT2D eigenvalue weighted by molar-refractivity contribution is 5.89. The molecule has 0 aliphatic heterocycles. The predicted octanol–water partition coefficient (Wildman–Crippen LogP) is 3.02. The first-order chi connectivity index (χ1) is 8.55. The van der Waals surface area contributed by atoms with Crippen molar-refractivity contribution in [3.05, 3.63) is 18.6 Å². The van der Waals surface area contributed by atoms with E-state index in [-0.39, 0.29) is 5.91 Å². The zero-order chi connectivity index (χ0) is 13.0. The molecular weight excluding hydrogens is 226 g/mol. The SMILES string of the molecule is CC1(C)CCCC(CC(=O)Nc2cnccn2)C1. The number of nitrogens with one attached hydrogen (secondary N) is 1. The van der Waals surface area contributed by atoms with Gasteiger partial charge in [0.1, 0.15) is 0 Å². The van der Waals surface area contributed by atoms with Gasteiger partial charge in [-0.15, -0.1) is 0 Å². The lowest BCUT2D eigenvalue weighted by Crippen LogP contribution is -2.26. The van der Waals surface area contributed by atoms with Crippen molar-refractivity contribution in [2.24, 2.45) is 11.3 Å². The Bertz CT molecular complexity index is 403. The molecule has 1 aromatic rings. The topological polar surface area (TPSA) is 54.9 Å². The van der Waals surface area contributed by atoms with Crippen molar-refractivity contribution in [2.45, 2.75) is 46.0 Å². The Labute approximate surface area is 108 Å². The molecule has 2 rings (SSSR count). The molecule has 1 fully saturated rings. The van der Waals surface area contributed by atoms with Gasteiger partial charge in [0.05, 0.1) is 6.20 Å². The van der Waals surface area contributed by atoms with Crippen LogP contribution in [0, 0.1) is 11.3 Å². The van der Waals surface area contributed by atoms with Crippen LogP contribution in [0.15, 0.2) is 18.6 Å². The number of rotatable bonds is 3. The van der Waals surface area contributed by atoms with E-state index in [4.69, 9.17) is 0 Å². The van der Waals surface area contributed by atoms with Gasteiger partial charge in [0, 0.05) is 18.8 Å². The maximum Gasteiger partial charge on any atom is 0.225 e. The third-order valence-electron chi connectivity index (χ3n) is 3.61. The molecule has 0 saturated heterocycles. The standard InChI is InChI=1S/C14H21N3O/c1-14(2)5-3-4-11(9-14)8-13(18)17-12-10-15-6-7-16-12/h6-7,10-11H,3-5,8-9H2,1-2H3,(H,16,17,18). The first-order valence-electron chi connectivity index (χ1n) is 6.61. The van der Waals surface area contributed by atoms with Crippen molar-refractivity contribution < 1.29 is 4.79 Å². The van der Waals surface area contributed by atoms with Crippen LogP contribution in [0.2, 0.25) is 0 Å². The van der Waals surface area contributed by atoms with E-state index in [0.29, 0.717) is 23.6 Å². The van der Waals surface area contributed by atoms with Crippen molar-refractivity contribution >= 4 is 11.7 Å². The fourth-order valence-electron chi connectivity index (χ4n) is 2.85. The molecule has 18 heavy (non-hydrogen) atoms. The third-order valence-corrected chi connectivity index (χ3v) is 3.61. The van der Waals surface area contributed by atoms with Crippen molar-refractivity contribution in [1.29, 1.82) is 0 Å². The molecule has 0 bridgehead atoms. The van der Waals surface area contributed by atoms with Gasteiger partial charge < -0.3 is 5.32 Å². The summed E-state index contributed by atoms with van der Waals surface area (Å²) in [6, 6.07) is 0. The average molecular weight is 247 g/mol. The molecule has 1 aliphatic carbocycles. The summed E-state index contributed by atoms with van der Waals surface area (Å²) < 4.78 is 0. The van der Waals surface area contributed by atoms with Crippen LogP contribution in [0.5, 0.6) is 0 Å². The Morgan fingerprint density at radius 2 is 2.33 bits per heavy atom. The van der Waals surface area contributed by atoms with E-state index in [1.165, 1.54) is 12.8 Å². The van der Waals surface area contributed by atoms with Crippen LogP contribution in [0.25, 0.3) is 0 Å². The molecule has 1 unspecified atom stereocenters. The molecule has 98 valence electrons. The summed E-state index contributed by atoms with van der Waals surface area (Å²) in [6.45, 7) is 4.58. The van der Waals surface area contributed by atoms with Crippen molar-refractivity contribution in [1.82, 2.24) is 9.97 Å². The number of aromatic nitrogens is 2. The second kappa shape index (κ2) is 5.46. The Balaban J connectivity index is 1.84. The van der Waals surface area contributed by atoms with E-state index in [2.05, 4.69) is 29.1 Å². The highest BCUT2D eigenvalue weighted by Crippen LogP contribution is 2.39. The molecule has 0 spiro atoms. The van der Waals surface area contributed by atoms with Gasteiger partial charge in [-0.25, -0.2) is 4.98 Å². The molecule has 0 radical (unpaired) electrons. The van der Waals surface area contributed by atoms with Crippen molar-refractivity contribution in [2.75, 3.05) is 5.32 Å².